The van der Waals surface area contributed by atoms with Crippen LogP contribution in [0.1, 0.15) is 33.5 Å². The molecule has 0 aromatic heterocycles. The van der Waals surface area contributed by atoms with E-state index in [1.54, 1.807) is 11.0 Å². The second-order valence-corrected chi connectivity index (χ2v) is 6.34. The Morgan fingerprint density at radius 2 is 1.79 bits per heavy atom. The summed E-state index contributed by atoms with van der Waals surface area (Å²) in [6, 6.07) is 13.5. The van der Waals surface area contributed by atoms with Gasteiger partial charge in [0.15, 0.2) is 6.61 Å². The van der Waals surface area contributed by atoms with E-state index in [0.717, 1.165) is 36.9 Å². The average molecular weight is 321 g/mol. The second-order valence-electron chi connectivity index (χ2n) is 6.34. The Labute approximate surface area is 141 Å². The molecular weight excluding hydrogens is 302 g/mol. The van der Waals surface area contributed by atoms with Gasteiger partial charge in [-0.1, -0.05) is 24.3 Å². The third-order valence-electron chi connectivity index (χ3n) is 4.85. The summed E-state index contributed by atoms with van der Waals surface area (Å²) >= 11 is 0. The lowest BCUT2D eigenvalue weighted by molar-refractivity contribution is -0.121. The Morgan fingerprint density at radius 3 is 2.71 bits per heavy atom. The summed E-state index contributed by atoms with van der Waals surface area (Å²) in [5.74, 6) is -0.597. The molecule has 0 saturated carbocycles. The first-order chi connectivity index (χ1) is 11.7. The van der Waals surface area contributed by atoms with E-state index in [9.17, 15) is 9.59 Å². The number of hydrogen-bond donors (Lipinski definition) is 0. The Balaban J connectivity index is 1.40. The van der Waals surface area contributed by atoms with Crippen LogP contribution in [0.2, 0.25) is 0 Å². The molecule has 24 heavy (non-hydrogen) atoms. The quantitative estimate of drug-likeness (QED) is 0.817. The molecule has 0 unspecified atom stereocenters. The minimum absolute atomic E-state index is 0.172. The maximum atomic E-state index is 12.4. The summed E-state index contributed by atoms with van der Waals surface area (Å²) in [4.78, 5) is 26.3. The van der Waals surface area contributed by atoms with Crippen molar-refractivity contribution < 1.29 is 14.3 Å². The van der Waals surface area contributed by atoms with Gasteiger partial charge in [-0.3, -0.25) is 4.79 Å². The maximum Gasteiger partial charge on any atom is 0.338 e. The van der Waals surface area contributed by atoms with Crippen molar-refractivity contribution in [3.63, 3.8) is 0 Å². The van der Waals surface area contributed by atoms with Crippen molar-refractivity contribution in [2.45, 2.75) is 25.7 Å². The van der Waals surface area contributed by atoms with Crippen LogP contribution >= 0.6 is 0 Å². The molecule has 2 aromatic rings. The fourth-order valence-electron chi connectivity index (χ4n) is 3.58. The highest BCUT2D eigenvalue weighted by molar-refractivity contribution is 5.98. The molecule has 2 aromatic carbocycles. The van der Waals surface area contributed by atoms with Crippen molar-refractivity contribution in [2.24, 2.45) is 0 Å². The van der Waals surface area contributed by atoms with Crippen LogP contribution in [-0.4, -0.2) is 25.0 Å². The second kappa shape index (κ2) is 6.11. The number of rotatable bonds is 3. The number of anilines is 1. The molecule has 1 aliphatic heterocycles. The molecule has 122 valence electrons. The number of carbonyl (C=O) groups is 2. The van der Waals surface area contributed by atoms with Gasteiger partial charge >= 0.3 is 5.97 Å². The molecule has 4 heteroatoms. The Kier molecular flexibility index (Phi) is 3.81. The van der Waals surface area contributed by atoms with Crippen molar-refractivity contribution in [1.29, 1.82) is 0 Å². The van der Waals surface area contributed by atoms with Gasteiger partial charge in [0.05, 0.1) is 5.56 Å². The van der Waals surface area contributed by atoms with Crippen LogP contribution in [0.4, 0.5) is 5.69 Å². The summed E-state index contributed by atoms with van der Waals surface area (Å²) in [5, 5.41) is 0. The van der Waals surface area contributed by atoms with Crippen molar-refractivity contribution in [1.82, 2.24) is 0 Å². The van der Waals surface area contributed by atoms with Crippen LogP contribution in [0.25, 0.3) is 0 Å². The van der Waals surface area contributed by atoms with E-state index in [1.807, 2.05) is 36.4 Å². The Hall–Kier alpha value is -2.62. The number of fused-ring (bicyclic) bond motifs is 2. The molecule has 1 amide bonds. The molecule has 1 heterocycles. The topological polar surface area (TPSA) is 46.6 Å². The molecule has 0 N–H and O–H groups in total. The first-order valence-electron chi connectivity index (χ1n) is 8.39. The fourth-order valence-corrected chi connectivity index (χ4v) is 3.58. The molecule has 0 fully saturated rings. The van der Waals surface area contributed by atoms with Crippen LogP contribution in [0.15, 0.2) is 42.5 Å². The third kappa shape index (κ3) is 2.68. The molecule has 0 radical (unpaired) electrons. The summed E-state index contributed by atoms with van der Waals surface area (Å²) in [7, 11) is 0. The lowest BCUT2D eigenvalue weighted by Crippen LogP contribution is -2.33. The van der Waals surface area contributed by atoms with Crippen LogP contribution < -0.4 is 4.90 Å². The highest BCUT2D eigenvalue weighted by Gasteiger charge is 2.25. The van der Waals surface area contributed by atoms with E-state index in [4.69, 9.17) is 4.74 Å². The van der Waals surface area contributed by atoms with Crippen molar-refractivity contribution in [3.8, 4) is 0 Å². The Bertz CT molecular complexity index is 812. The number of esters is 1. The zero-order chi connectivity index (χ0) is 16.5. The highest BCUT2D eigenvalue weighted by Crippen LogP contribution is 2.27. The standard InChI is InChI=1S/C20H19NO3/c22-19(21-11-10-15-4-1-2-7-18(15)21)13-24-20(23)17-9-8-14-5-3-6-16(14)12-17/h1-2,4,7-9,12H,3,5-6,10-11,13H2. The molecule has 0 spiro atoms. The first-order valence-corrected chi connectivity index (χ1v) is 8.39. The molecule has 2 aliphatic rings. The third-order valence-corrected chi connectivity index (χ3v) is 4.85. The van der Waals surface area contributed by atoms with Gasteiger partial charge in [-0.25, -0.2) is 4.79 Å². The Morgan fingerprint density at radius 1 is 0.958 bits per heavy atom. The molecular formula is C20H19NO3. The van der Waals surface area contributed by atoms with Gasteiger partial charge in [0, 0.05) is 12.2 Å². The number of hydrogen-bond acceptors (Lipinski definition) is 3. The highest BCUT2D eigenvalue weighted by atomic mass is 16.5. The monoisotopic (exact) mass is 321 g/mol. The first kappa shape index (κ1) is 14.9. The van der Waals surface area contributed by atoms with Gasteiger partial charge in [-0.15, -0.1) is 0 Å². The van der Waals surface area contributed by atoms with E-state index < -0.39 is 5.97 Å². The maximum absolute atomic E-state index is 12.4. The van der Waals surface area contributed by atoms with Crippen LogP contribution in [0.5, 0.6) is 0 Å². The molecule has 0 bridgehead atoms. The number of benzene rings is 2. The van der Waals surface area contributed by atoms with E-state index in [0.29, 0.717) is 12.1 Å². The number of ether oxygens (including phenoxy) is 1. The van der Waals surface area contributed by atoms with Gasteiger partial charge in [0.2, 0.25) is 0 Å². The van der Waals surface area contributed by atoms with Gasteiger partial charge in [-0.05, 0) is 60.6 Å². The van der Waals surface area contributed by atoms with Gasteiger partial charge in [-0.2, -0.15) is 0 Å². The van der Waals surface area contributed by atoms with Crippen molar-refractivity contribution >= 4 is 17.6 Å². The molecule has 1 aliphatic carbocycles. The number of amides is 1. The predicted octanol–water partition coefficient (Wildman–Crippen LogP) is 2.92. The largest absolute Gasteiger partial charge is 0.452 e. The van der Waals surface area contributed by atoms with E-state index >= 15 is 0 Å². The fraction of sp³-hybridized carbons (Fsp3) is 0.300. The predicted molar refractivity (Wildman–Crippen MR) is 91.2 cm³/mol. The van der Waals surface area contributed by atoms with Crippen LogP contribution in [0, 0.1) is 0 Å². The number of para-hydroxylation sites is 1. The summed E-state index contributed by atoms with van der Waals surface area (Å²) < 4.78 is 5.25. The number of carbonyl (C=O) groups excluding carboxylic acids is 2. The molecule has 4 nitrogen and oxygen atoms in total. The van der Waals surface area contributed by atoms with Crippen LogP contribution in [0.3, 0.4) is 0 Å². The SMILES string of the molecule is O=C(OCC(=O)N1CCc2ccccc21)c1ccc2c(c1)CCC2. The zero-order valence-corrected chi connectivity index (χ0v) is 13.5. The smallest absolute Gasteiger partial charge is 0.338 e. The average Bonchev–Trinajstić information content (AvgIpc) is 3.25. The van der Waals surface area contributed by atoms with Crippen LogP contribution in [-0.2, 0) is 28.8 Å². The van der Waals surface area contributed by atoms with E-state index in [1.165, 1.54) is 11.1 Å². The lowest BCUT2D eigenvalue weighted by atomic mass is 10.1. The minimum Gasteiger partial charge on any atom is -0.452 e. The van der Waals surface area contributed by atoms with E-state index in [2.05, 4.69) is 0 Å². The zero-order valence-electron chi connectivity index (χ0n) is 13.5. The molecule has 0 atom stereocenters. The number of aryl methyl sites for hydroxylation is 2. The molecule has 4 rings (SSSR count). The normalized spacial score (nSPS) is 15.1. The lowest BCUT2D eigenvalue weighted by Gasteiger charge is -2.17. The van der Waals surface area contributed by atoms with Gasteiger partial charge in [0.25, 0.3) is 5.91 Å². The molecule has 0 saturated heterocycles. The van der Waals surface area contributed by atoms with Gasteiger partial charge < -0.3 is 9.64 Å². The minimum atomic E-state index is -0.425. The number of nitrogens with zero attached hydrogens (tertiary/aromatic N) is 1. The van der Waals surface area contributed by atoms with Gasteiger partial charge in [0.1, 0.15) is 0 Å². The summed E-state index contributed by atoms with van der Waals surface area (Å²) in [6.45, 7) is 0.429. The summed E-state index contributed by atoms with van der Waals surface area (Å²) in [6.07, 6.45) is 4.08. The van der Waals surface area contributed by atoms with E-state index in [-0.39, 0.29) is 12.5 Å². The van der Waals surface area contributed by atoms with Crippen molar-refractivity contribution in [3.05, 3.63) is 64.7 Å². The van der Waals surface area contributed by atoms with Crippen molar-refractivity contribution in [2.75, 3.05) is 18.1 Å². The summed E-state index contributed by atoms with van der Waals surface area (Å²) in [5.41, 5.74) is 5.16.